The van der Waals surface area contributed by atoms with Crippen LogP contribution in [0.4, 0.5) is 3.89 Å². The number of halogens is 2. The van der Waals surface area contributed by atoms with Gasteiger partial charge in [0.05, 0.1) is 12.1 Å². The van der Waals surface area contributed by atoms with E-state index in [-0.39, 0.29) is 29.1 Å². The molecule has 78 valence electrons. The third-order valence-electron chi connectivity index (χ3n) is 1.69. The van der Waals surface area contributed by atoms with E-state index in [2.05, 4.69) is 0 Å². The first-order valence-corrected chi connectivity index (χ1v) is 4.62. The largest absolute Gasteiger partial charge is 0.369 e. The Morgan fingerprint density at radius 1 is 1.43 bits per heavy atom. The Labute approximate surface area is 97.1 Å². The fraction of sp³-hybridized carbons (Fsp3) is 0.222. The first-order valence-electron chi connectivity index (χ1n) is 3.84. The minimum atomic E-state index is -0.776. The Kier molecular flexibility index (Phi) is 6.57. The normalized spacial score (nSPS) is 11.5. The fourth-order valence-corrected chi connectivity index (χ4v) is 1.35. The lowest BCUT2D eigenvalue weighted by Crippen LogP contribution is -2.26. The van der Waals surface area contributed by atoms with Gasteiger partial charge in [-0.15, -0.1) is 17.0 Å². The summed E-state index contributed by atoms with van der Waals surface area (Å²) in [5.74, 6) is -0.614. The van der Waals surface area contributed by atoms with Crippen molar-refractivity contribution >= 4 is 35.0 Å². The van der Waals surface area contributed by atoms with Crippen LogP contribution in [0.15, 0.2) is 30.3 Å². The lowest BCUT2D eigenvalue weighted by atomic mass is 10.1. The van der Waals surface area contributed by atoms with E-state index in [4.69, 9.17) is 5.73 Å². The standard InChI is InChI=1S/C9H10FNOS.BrH/c10-13-8(9(11)12)6-7-4-2-1-3-5-7;/h1-5,8H,6H2,(H2,11,12);1H/t8-;/m0./s1. The van der Waals surface area contributed by atoms with Gasteiger partial charge >= 0.3 is 0 Å². The second-order valence-electron chi connectivity index (χ2n) is 2.67. The molecule has 0 saturated carbocycles. The summed E-state index contributed by atoms with van der Waals surface area (Å²) in [6.07, 6.45) is 0.345. The number of benzene rings is 1. The summed E-state index contributed by atoms with van der Waals surface area (Å²) in [5, 5.41) is -0.776. The molecule has 0 aliphatic rings. The molecule has 1 aromatic rings. The van der Waals surface area contributed by atoms with Crippen LogP contribution >= 0.6 is 29.1 Å². The molecule has 0 radical (unpaired) electrons. The van der Waals surface area contributed by atoms with Crippen molar-refractivity contribution in [1.29, 1.82) is 0 Å². The van der Waals surface area contributed by atoms with E-state index in [9.17, 15) is 8.68 Å². The fourth-order valence-electron chi connectivity index (χ4n) is 1.00. The molecule has 0 fully saturated rings. The molecule has 1 rings (SSSR count). The highest BCUT2D eigenvalue weighted by Crippen LogP contribution is 2.16. The molecule has 0 aromatic heterocycles. The van der Waals surface area contributed by atoms with E-state index >= 15 is 0 Å². The molecule has 14 heavy (non-hydrogen) atoms. The predicted octanol–water partition coefficient (Wildman–Crippen LogP) is 2.28. The summed E-state index contributed by atoms with van der Waals surface area (Å²) >= 11 is -0.00169. The summed E-state index contributed by atoms with van der Waals surface area (Å²) < 4.78 is 12.2. The van der Waals surface area contributed by atoms with Crippen molar-refractivity contribution in [2.45, 2.75) is 11.7 Å². The molecule has 0 unspecified atom stereocenters. The Hall–Kier alpha value is -0.550. The van der Waals surface area contributed by atoms with E-state index in [1.54, 1.807) is 0 Å². The van der Waals surface area contributed by atoms with Gasteiger partial charge in [0.15, 0.2) is 0 Å². The molecule has 0 spiro atoms. The lowest BCUT2D eigenvalue weighted by Gasteiger charge is -2.06. The van der Waals surface area contributed by atoms with Crippen LogP contribution in [0, 0.1) is 0 Å². The van der Waals surface area contributed by atoms with Crippen molar-refractivity contribution in [3.05, 3.63) is 35.9 Å². The van der Waals surface area contributed by atoms with Crippen molar-refractivity contribution in [3.8, 4) is 0 Å². The zero-order valence-corrected chi connectivity index (χ0v) is 9.88. The van der Waals surface area contributed by atoms with E-state index in [0.29, 0.717) is 6.42 Å². The number of carbonyl (C=O) groups is 1. The summed E-state index contributed by atoms with van der Waals surface area (Å²) in [4.78, 5) is 10.7. The predicted molar refractivity (Wildman–Crippen MR) is 62.1 cm³/mol. The van der Waals surface area contributed by atoms with Gasteiger partial charge in [0, 0.05) is 0 Å². The maximum absolute atomic E-state index is 12.2. The Morgan fingerprint density at radius 2 is 2.00 bits per heavy atom. The maximum atomic E-state index is 12.2. The van der Waals surface area contributed by atoms with Gasteiger partial charge in [-0.1, -0.05) is 30.3 Å². The van der Waals surface area contributed by atoms with Gasteiger partial charge in [0.1, 0.15) is 5.25 Å². The zero-order valence-electron chi connectivity index (χ0n) is 7.35. The van der Waals surface area contributed by atoms with Crippen LogP contribution in [0.2, 0.25) is 0 Å². The third kappa shape index (κ3) is 4.11. The van der Waals surface area contributed by atoms with E-state index in [1.165, 1.54) is 0 Å². The summed E-state index contributed by atoms with van der Waals surface area (Å²) in [5.41, 5.74) is 5.91. The molecule has 0 saturated heterocycles. The number of primary amides is 1. The Bertz CT molecular complexity index is 283. The van der Waals surface area contributed by atoms with Gasteiger partial charge in [0.25, 0.3) is 0 Å². The van der Waals surface area contributed by atoms with Gasteiger partial charge < -0.3 is 5.73 Å². The zero-order chi connectivity index (χ0) is 9.68. The minimum Gasteiger partial charge on any atom is -0.369 e. The first kappa shape index (κ1) is 13.4. The molecule has 1 atom stereocenters. The average Bonchev–Trinajstić information content (AvgIpc) is 2.15. The second-order valence-corrected chi connectivity index (χ2v) is 3.42. The number of hydrogen-bond acceptors (Lipinski definition) is 2. The summed E-state index contributed by atoms with van der Waals surface area (Å²) in [6.45, 7) is 0. The first-order chi connectivity index (χ1) is 6.24. The van der Waals surface area contributed by atoms with E-state index < -0.39 is 11.2 Å². The van der Waals surface area contributed by atoms with Crippen molar-refractivity contribution in [3.63, 3.8) is 0 Å². The average molecular weight is 280 g/mol. The van der Waals surface area contributed by atoms with E-state index in [0.717, 1.165) is 5.56 Å². The summed E-state index contributed by atoms with van der Waals surface area (Å²) in [7, 11) is 0. The van der Waals surface area contributed by atoms with Crippen molar-refractivity contribution in [2.24, 2.45) is 5.73 Å². The number of amides is 1. The van der Waals surface area contributed by atoms with Gasteiger partial charge in [0.2, 0.25) is 5.91 Å². The van der Waals surface area contributed by atoms with Gasteiger partial charge in [-0.2, -0.15) is 3.89 Å². The van der Waals surface area contributed by atoms with Gasteiger partial charge in [-0.05, 0) is 12.0 Å². The van der Waals surface area contributed by atoms with Crippen molar-refractivity contribution < 1.29 is 8.68 Å². The van der Waals surface area contributed by atoms with Crippen LogP contribution < -0.4 is 5.73 Å². The molecule has 1 amide bonds. The number of nitrogens with two attached hydrogens (primary N) is 1. The number of hydrogen-bond donors (Lipinski definition) is 1. The highest BCUT2D eigenvalue weighted by atomic mass is 79.9. The molecule has 5 heteroatoms. The molecule has 2 N–H and O–H groups in total. The molecule has 2 nitrogen and oxygen atoms in total. The van der Waals surface area contributed by atoms with Crippen LogP contribution in [0.1, 0.15) is 5.56 Å². The monoisotopic (exact) mass is 279 g/mol. The molecule has 0 aliphatic carbocycles. The van der Waals surface area contributed by atoms with Crippen LogP contribution in [-0.2, 0) is 11.2 Å². The lowest BCUT2D eigenvalue weighted by molar-refractivity contribution is -0.117. The third-order valence-corrected chi connectivity index (χ3v) is 2.30. The Balaban J connectivity index is 0.00000169. The topological polar surface area (TPSA) is 43.1 Å². The number of rotatable bonds is 4. The minimum absolute atomic E-state index is 0. The van der Waals surface area contributed by atoms with E-state index in [1.807, 2.05) is 30.3 Å². The quantitative estimate of drug-likeness (QED) is 0.919. The Morgan fingerprint density at radius 3 is 2.43 bits per heavy atom. The maximum Gasteiger partial charge on any atom is 0.233 e. The van der Waals surface area contributed by atoms with Crippen LogP contribution in [0.5, 0.6) is 0 Å². The molecule has 0 heterocycles. The van der Waals surface area contributed by atoms with Crippen LogP contribution in [0.25, 0.3) is 0 Å². The number of carbonyl (C=O) groups excluding carboxylic acids is 1. The molecule has 0 bridgehead atoms. The van der Waals surface area contributed by atoms with Crippen LogP contribution in [-0.4, -0.2) is 11.2 Å². The van der Waals surface area contributed by atoms with Gasteiger partial charge in [-0.3, -0.25) is 4.79 Å². The molecular formula is C9H11BrFNOS. The molecule has 0 aliphatic heterocycles. The smallest absolute Gasteiger partial charge is 0.233 e. The van der Waals surface area contributed by atoms with Gasteiger partial charge in [-0.25, -0.2) is 0 Å². The molecule has 1 aromatic carbocycles. The highest BCUT2D eigenvalue weighted by Gasteiger charge is 2.16. The highest BCUT2D eigenvalue weighted by molar-refractivity contribution is 8.93. The second kappa shape index (κ2) is 6.84. The summed E-state index contributed by atoms with van der Waals surface area (Å²) in [6, 6.07) is 9.23. The molecular weight excluding hydrogens is 269 g/mol. The SMILES string of the molecule is Br.NC(=O)[C@H](Cc1ccccc1)SF. The van der Waals surface area contributed by atoms with Crippen LogP contribution in [0.3, 0.4) is 0 Å². The van der Waals surface area contributed by atoms with Crippen molar-refractivity contribution in [1.82, 2.24) is 0 Å². The van der Waals surface area contributed by atoms with Crippen molar-refractivity contribution in [2.75, 3.05) is 0 Å².